The summed E-state index contributed by atoms with van der Waals surface area (Å²) in [6, 6.07) is 0. The average molecular weight is 237 g/mol. The summed E-state index contributed by atoms with van der Waals surface area (Å²) in [7, 11) is 0. The lowest BCUT2D eigenvalue weighted by molar-refractivity contribution is -0.646. The molecule has 0 aliphatic carbocycles. The first kappa shape index (κ1) is 10.0. The van der Waals surface area contributed by atoms with Crippen LogP contribution in [0, 0.1) is 0 Å². The summed E-state index contributed by atoms with van der Waals surface area (Å²) in [5.74, 6) is 0.975. The van der Waals surface area contributed by atoms with E-state index in [0.29, 0.717) is 0 Å². The van der Waals surface area contributed by atoms with Gasteiger partial charge in [-0.1, -0.05) is 0 Å². The number of aliphatic imine (C=N–C) groups is 1. The molecule has 1 fully saturated rings. The lowest BCUT2D eigenvalue weighted by Gasteiger charge is -2.30. The molecule has 0 spiro atoms. The quantitative estimate of drug-likeness (QED) is 0.520. The zero-order valence-electron chi connectivity index (χ0n) is 8.74. The highest BCUT2D eigenvalue weighted by Crippen LogP contribution is 2.31. The number of allylic oxidation sites excluding steroid dienone is 1. The number of thiol groups is 1. The van der Waals surface area contributed by atoms with Crippen molar-refractivity contribution in [3.63, 3.8) is 0 Å². The van der Waals surface area contributed by atoms with Crippen LogP contribution in [0.5, 0.6) is 0 Å². The molecule has 3 heterocycles. The van der Waals surface area contributed by atoms with Crippen LogP contribution in [0.1, 0.15) is 0 Å². The molecule has 3 aliphatic heterocycles. The van der Waals surface area contributed by atoms with Crippen molar-refractivity contribution < 1.29 is 4.00 Å². The zero-order valence-corrected chi connectivity index (χ0v) is 9.64. The van der Waals surface area contributed by atoms with Crippen molar-refractivity contribution in [2.75, 3.05) is 26.2 Å². The largest absolute Gasteiger partial charge is 0.354 e. The van der Waals surface area contributed by atoms with Gasteiger partial charge in [-0.25, -0.2) is 0 Å². The number of fused-ring (bicyclic) bond motifs is 1. The van der Waals surface area contributed by atoms with Crippen LogP contribution in [0.2, 0.25) is 0 Å². The van der Waals surface area contributed by atoms with Crippen LogP contribution < -0.4 is 5.32 Å². The first-order chi connectivity index (χ1) is 7.78. The maximum absolute atomic E-state index is 4.40. The Bertz CT molecular complexity index is 420. The summed E-state index contributed by atoms with van der Waals surface area (Å²) in [5, 5.41) is 11.2. The predicted molar refractivity (Wildman–Crippen MR) is 63.2 cm³/mol. The maximum atomic E-state index is 4.40. The molecule has 0 amide bonds. The van der Waals surface area contributed by atoms with Gasteiger partial charge in [0.1, 0.15) is 24.8 Å². The van der Waals surface area contributed by atoms with Crippen molar-refractivity contribution in [3.05, 3.63) is 23.8 Å². The first-order valence-corrected chi connectivity index (χ1v) is 5.65. The number of nitrogens with zero attached hydrogens (tertiary/aromatic N) is 5. The number of hydrogen-bond donors (Lipinski definition) is 2. The summed E-state index contributed by atoms with van der Waals surface area (Å²) < 4.78 is 0.0373. The van der Waals surface area contributed by atoms with Gasteiger partial charge in [-0.2, -0.15) is 4.99 Å². The third-order valence-electron chi connectivity index (χ3n) is 2.83. The fourth-order valence-corrected chi connectivity index (χ4v) is 2.11. The van der Waals surface area contributed by atoms with Crippen LogP contribution in [0.25, 0.3) is 0 Å². The van der Waals surface area contributed by atoms with Crippen molar-refractivity contribution in [2.45, 2.75) is 0 Å². The molecule has 0 aromatic heterocycles. The molecule has 1 atom stereocenters. The van der Waals surface area contributed by atoms with Gasteiger partial charge in [0, 0.05) is 32.3 Å². The number of nitrogens with one attached hydrogen (secondary N) is 1. The van der Waals surface area contributed by atoms with E-state index in [1.54, 1.807) is 12.5 Å². The van der Waals surface area contributed by atoms with Gasteiger partial charge in [0.2, 0.25) is 12.0 Å². The molecule has 0 bridgehead atoms. The van der Waals surface area contributed by atoms with Crippen molar-refractivity contribution in [2.24, 2.45) is 15.3 Å². The van der Waals surface area contributed by atoms with Crippen LogP contribution in [-0.4, -0.2) is 41.4 Å². The fourth-order valence-electron chi connectivity index (χ4n) is 1.90. The molecule has 3 aliphatic rings. The van der Waals surface area contributed by atoms with Gasteiger partial charge in [0.15, 0.2) is 0 Å². The molecule has 6 nitrogen and oxygen atoms in total. The average Bonchev–Trinajstić information content (AvgIpc) is 2.70. The molecule has 0 aromatic rings. The predicted octanol–water partition coefficient (Wildman–Crippen LogP) is 0.659. The molecular formula is C9H13N6S+. The van der Waals surface area contributed by atoms with Crippen LogP contribution in [0.4, 0.5) is 0 Å². The Hall–Kier alpha value is -1.18. The zero-order chi connectivity index (χ0) is 11.0. The summed E-state index contributed by atoms with van der Waals surface area (Å²) in [6.45, 7) is 3.97. The molecule has 84 valence electrons. The standard InChI is InChI=1S/C9H13N6S/c16-15-7-11-9(5-8(15)6-12-13-15)14-3-1-10-2-4-14/h5-7,10,16H,1-4H2/q+1. The van der Waals surface area contributed by atoms with Gasteiger partial charge >= 0.3 is 0 Å². The van der Waals surface area contributed by atoms with Crippen LogP contribution >= 0.6 is 12.8 Å². The molecule has 0 saturated carbocycles. The van der Waals surface area contributed by atoms with Crippen molar-refractivity contribution in [3.8, 4) is 0 Å². The highest BCUT2D eigenvalue weighted by atomic mass is 32.1. The molecule has 16 heavy (non-hydrogen) atoms. The van der Waals surface area contributed by atoms with E-state index in [1.165, 1.54) is 0 Å². The lowest BCUT2D eigenvalue weighted by atomic mass is 10.3. The van der Waals surface area contributed by atoms with Crippen LogP contribution in [0.15, 0.2) is 39.1 Å². The van der Waals surface area contributed by atoms with Crippen LogP contribution in [-0.2, 0) is 0 Å². The van der Waals surface area contributed by atoms with Crippen molar-refractivity contribution >= 4 is 19.2 Å². The molecule has 0 aromatic carbocycles. The van der Waals surface area contributed by atoms with Crippen LogP contribution in [0.3, 0.4) is 0 Å². The van der Waals surface area contributed by atoms with Gasteiger partial charge in [0.25, 0.3) is 0 Å². The summed E-state index contributed by atoms with van der Waals surface area (Å²) in [4.78, 5) is 6.66. The third-order valence-corrected chi connectivity index (χ3v) is 3.24. The Kier molecular flexibility index (Phi) is 2.31. The Balaban J connectivity index is 1.84. The van der Waals surface area contributed by atoms with E-state index in [9.17, 15) is 0 Å². The Morgan fingerprint density at radius 2 is 2.19 bits per heavy atom. The highest BCUT2D eigenvalue weighted by molar-refractivity contribution is 7.74. The van der Waals surface area contributed by atoms with E-state index in [-0.39, 0.29) is 4.00 Å². The maximum Gasteiger partial charge on any atom is 0.237 e. The topological polar surface area (TPSA) is 52.3 Å². The minimum absolute atomic E-state index is 0.0373. The summed E-state index contributed by atoms with van der Waals surface area (Å²) >= 11 is 4.40. The lowest BCUT2D eigenvalue weighted by Crippen LogP contribution is -2.43. The van der Waals surface area contributed by atoms with Gasteiger partial charge in [-0.3, -0.25) is 0 Å². The molecule has 1 unspecified atom stereocenters. The normalized spacial score (nSPS) is 32.4. The van der Waals surface area contributed by atoms with Crippen molar-refractivity contribution in [1.82, 2.24) is 10.2 Å². The number of hydrogen-bond acceptors (Lipinski definition) is 6. The SMILES string of the molecule is S[N+]12C=NC(N3CCNCC3)=CC1=CN=N2. The van der Waals surface area contributed by atoms with Crippen molar-refractivity contribution in [1.29, 1.82) is 0 Å². The van der Waals surface area contributed by atoms with Gasteiger partial charge in [0.05, 0.1) is 5.22 Å². The van der Waals surface area contributed by atoms with E-state index in [2.05, 4.69) is 38.4 Å². The molecule has 0 radical (unpaired) electrons. The Labute approximate surface area is 99.1 Å². The summed E-state index contributed by atoms with van der Waals surface area (Å²) in [6.07, 6.45) is 5.42. The fraction of sp³-hybridized carbons (Fsp3) is 0.444. The summed E-state index contributed by atoms with van der Waals surface area (Å²) in [5.41, 5.74) is 0.937. The van der Waals surface area contributed by atoms with E-state index in [4.69, 9.17) is 0 Å². The number of rotatable bonds is 1. The Morgan fingerprint density at radius 3 is 3.00 bits per heavy atom. The highest BCUT2D eigenvalue weighted by Gasteiger charge is 2.36. The second-order valence-corrected chi connectivity index (χ2v) is 4.50. The second kappa shape index (κ2) is 3.69. The smallest absolute Gasteiger partial charge is 0.237 e. The minimum atomic E-state index is 0.0373. The first-order valence-electron chi connectivity index (χ1n) is 5.25. The van der Waals surface area contributed by atoms with E-state index in [0.717, 1.165) is 37.7 Å². The molecule has 7 heteroatoms. The van der Waals surface area contributed by atoms with E-state index in [1.807, 2.05) is 6.08 Å². The van der Waals surface area contributed by atoms with Gasteiger partial charge in [-0.15, -0.1) is 5.11 Å². The van der Waals surface area contributed by atoms with Gasteiger partial charge < -0.3 is 10.2 Å². The second-order valence-electron chi connectivity index (χ2n) is 3.89. The number of quaternary nitrogens is 1. The monoisotopic (exact) mass is 237 g/mol. The number of piperazine rings is 1. The molecule has 1 N–H and O–H groups in total. The minimum Gasteiger partial charge on any atom is -0.354 e. The molecule has 3 rings (SSSR count). The third kappa shape index (κ3) is 1.57. The molecular weight excluding hydrogens is 224 g/mol. The van der Waals surface area contributed by atoms with E-state index < -0.39 is 0 Å². The van der Waals surface area contributed by atoms with E-state index >= 15 is 0 Å². The van der Waals surface area contributed by atoms with Gasteiger partial charge in [-0.05, 0) is 4.00 Å². The Morgan fingerprint density at radius 1 is 1.38 bits per heavy atom. The molecule has 1 saturated heterocycles.